The SMILES string of the molecule is CNO[N+](C)(C)O[N+](C)(C)O[N+](C)(C)O[N+](C)(C)ONC. The molecule has 11 nitrogen and oxygen atoms in total. The van der Waals surface area contributed by atoms with Crippen LogP contribution >= 0.6 is 0 Å². The Balaban J connectivity index is 4.75. The average molecular weight is 316 g/mol. The maximum Gasteiger partial charge on any atom is 0.144 e. The zero-order valence-electron chi connectivity index (χ0n) is 14.8. The summed E-state index contributed by atoms with van der Waals surface area (Å²) in [4.78, 5) is 26.5. The van der Waals surface area contributed by atoms with E-state index in [9.17, 15) is 0 Å². The van der Waals surface area contributed by atoms with Crippen LogP contribution in [-0.4, -0.2) is 89.7 Å². The Bertz CT molecular complexity index is 293. The van der Waals surface area contributed by atoms with Crippen molar-refractivity contribution in [3.8, 4) is 0 Å². The topological polar surface area (TPSA) is 70.2 Å². The molecule has 0 aromatic rings. The number of quaternary nitrogens is 4. The van der Waals surface area contributed by atoms with Crippen molar-refractivity contribution < 1.29 is 43.9 Å². The van der Waals surface area contributed by atoms with E-state index in [0.717, 1.165) is 0 Å². The van der Waals surface area contributed by atoms with Gasteiger partial charge in [-0.2, -0.15) is 0 Å². The standard InChI is InChI=1S/C10H32N6O5/c1-11-17-13(3,4)19-15(7,8)21-16(9,10)20-14(5,6)18-12-2/h11-12H,1-10H3/q+4. The molecular formula is C10H32N6O5+4. The van der Waals surface area contributed by atoms with E-state index in [0.29, 0.717) is 0 Å². The Kier molecular flexibility index (Phi) is 7.06. The third-order valence-corrected chi connectivity index (χ3v) is 1.80. The zero-order chi connectivity index (χ0) is 16.9. The van der Waals surface area contributed by atoms with Crippen molar-refractivity contribution in [3.63, 3.8) is 0 Å². The Morgan fingerprint density at radius 3 is 0.952 bits per heavy atom. The van der Waals surface area contributed by atoms with Gasteiger partial charge in [-0.3, -0.25) is 0 Å². The molecule has 0 bridgehead atoms. The first-order valence-electron chi connectivity index (χ1n) is 6.45. The summed E-state index contributed by atoms with van der Waals surface area (Å²) in [7, 11) is 16.9. The van der Waals surface area contributed by atoms with Gasteiger partial charge in [-0.1, -0.05) is 9.88 Å². The highest BCUT2D eigenvalue weighted by atomic mass is 17.3. The highest BCUT2D eigenvalue weighted by Gasteiger charge is 2.47. The number of rotatable bonds is 10. The molecule has 0 unspecified atom stereocenters. The molecule has 0 amide bonds. The van der Waals surface area contributed by atoms with Crippen LogP contribution in [0.3, 0.4) is 0 Å². The predicted octanol–water partition coefficient (Wildman–Crippen LogP) is -1.04. The first kappa shape index (κ1) is 20.6. The first-order chi connectivity index (χ1) is 9.24. The summed E-state index contributed by atoms with van der Waals surface area (Å²) < 4.78 is 0. The number of hydroxylamine groups is 18. The van der Waals surface area contributed by atoms with Gasteiger partial charge in [0.1, 0.15) is 56.4 Å². The van der Waals surface area contributed by atoms with Crippen LogP contribution in [0.1, 0.15) is 0 Å². The first-order valence-corrected chi connectivity index (χ1v) is 6.45. The van der Waals surface area contributed by atoms with Crippen LogP contribution in [0, 0.1) is 0 Å². The molecule has 0 atom stereocenters. The minimum Gasteiger partial charge on any atom is -0.147 e. The van der Waals surface area contributed by atoms with Crippen molar-refractivity contribution >= 4 is 0 Å². The Morgan fingerprint density at radius 1 is 0.476 bits per heavy atom. The molecule has 11 heteroatoms. The quantitative estimate of drug-likeness (QED) is 0.394. The van der Waals surface area contributed by atoms with Gasteiger partial charge in [0.25, 0.3) is 0 Å². The van der Waals surface area contributed by atoms with Crippen LogP contribution in [0.15, 0.2) is 0 Å². The molecule has 0 aliphatic carbocycles. The molecule has 0 saturated carbocycles. The van der Waals surface area contributed by atoms with Crippen LogP contribution in [0.5, 0.6) is 0 Å². The van der Waals surface area contributed by atoms with Crippen LogP contribution < -0.4 is 11.0 Å². The summed E-state index contributed by atoms with van der Waals surface area (Å²) >= 11 is 0. The second-order valence-corrected chi connectivity index (χ2v) is 5.84. The van der Waals surface area contributed by atoms with Crippen molar-refractivity contribution in [1.29, 1.82) is 0 Å². The lowest BCUT2D eigenvalue weighted by Crippen LogP contribution is -2.62. The highest BCUT2D eigenvalue weighted by Crippen LogP contribution is 2.17. The second-order valence-electron chi connectivity index (χ2n) is 5.84. The van der Waals surface area contributed by atoms with Gasteiger partial charge in [0.2, 0.25) is 0 Å². The summed E-state index contributed by atoms with van der Waals surface area (Å²) in [6, 6.07) is 0. The number of hydrogen-bond acceptors (Lipinski definition) is 7. The lowest BCUT2D eigenvalue weighted by Gasteiger charge is -2.32. The molecule has 2 N–H and O–H groups in total. The average Bonchev–Trinajstić information content (AvgIpc) is 2.09. The molecule has 0 radical (unpaired) electrons. The van der Waals surface area contributed by atoms with Crippen molar-refractivity contribution in [3.05, 3.63) is 0 Å². The van der Waals surface area contributed by atoms with E-state index in [1.807, 2.05) is 0 Å². The normalized spacial score (nSPS) is 14.6. The fraction of sp³-hybridized carbons (Fsp3) is 1.00. The van der Waals surface area contributed by atoms with Gasteiger partial charge in [-0.15, -0.1) is 11.0 Å². The van der Waals surface area contributed by atoms with Crippen molar-refractivity contribution in [1.82, 2.24) is 11.0 Å². The van der Waals surface area contributed by atoms with Crippen LogP contribution in [0.25, 0.3) is 0 Å². The number of hydrogen-bond donors (Lipinski definition) is 2. The number of nitrogens with zero attached hydrogens (tertiary/aromatic N) is 4. The molecule has 128 valence electrons. The molecule has 0 aromatic carbocycles. The van der Waals surface area contributed by atoms with E-state index in [2.05, 4.69) is 11.0 Å². The smallest absolute Gasteiger partial charge is 0.144 e. The molecule has 0 saturated heterocycles. The monoisotopic (exact) mass is 316 g/mol. The molecule has 0 aromatic heterocycles. The maximum absolute atomic E-state index is 5.77. The van der Waals surface area contributed by atoms with Gasteiger partial charge >= 0.3 is 0 Å². The van der Waals surface area contributed by atoms with E-state index in [4.69, 9.17) is 24.7 Å². The lowest BCUT2D eigenvalue weighted by atomic mass is 11.1. The third kappa shape index (κ3) is 9.23. The van der Waals surface area contributed by atoms with Gasteiger partial charge in [0, 0.05) is 23.7 Å². The zero-order valence-corrected chi connectivity index (χ0v) is 14.8. The second kappa shape index (κ2) is 7.21. The summed E-state index contributed by atoms with van der Waals surface area (Å²) in [5, 5.41) is 0. The summed E-state index contributed by atoms with van der Waals surface area (Å²) in [5.41, 5.74) is 5.12. The van der Waals surface area contributed by atoms with Gasteiger partial charge in [0.05, 0.1) is 24.4 Å². The minimum absolute atomic E-state index is 0.227. The third-order valence-electron chi connectivity index (χ3n) is 1.80. The molecule has 0 spiro atoms. The van der Waals surface area contributed by atoms with Crippen molar-refractivity contribution in [2.24, 2.45) is 0 Å². The van der Waals surface area contributed by atoms with Gasteiger partial charge in [-0.25, -0.2) is 0 Å². The summed E-state index contributed by atoms with van der Waals surface area (Å²) in [5.74, 6) is 0. The van der Waals surface area contributed by atoms with Gasteiger partial charge < -0.3 is 0 Å². The Hall–Kier alpha value is -0.440. The van der Waals surface area contributed by atoms with Gasteiger partial charge in [0.15, 0.2) is 0 Å². The lowest BCUT2D eigenvalue weighted by molar-refractivity contribution is -1.57. The van der Waals surface area contributed by atoms with E-state index in [-0.39, 0.29) is 19.2 Å². The van der Waals surface area contributed by atoms with E-state index in [1.54, 1.807) is 70.5 Å². The van der Waals surface area contributed by atoms with E-state index >= 15 is 0 Å². The fourth-order valence-electron chi connectivity index (χ4n) is 1.92. The van der Waals surface area contributed by atoms with Crippen molar-refractivity contribution in [2.45, 2.75) is 0 Å². The molecule has 0 fully saturated rings. The summed E-state index contributed by atoms with van der Waals surface area (Å²) in [6.45, 7) is 0. The van der Waals surface area contributed by atoms with Crippen LogP contribution in [0.4, 0.5) is 0 Å². The van der Waals surface area contributed by atoms with Crippen LogP contribution in [0.2, 0.25) is 0 Å². The van der Waals surface area contributed by atoms with Gasteiger partial charge in [-0.05, 0) is 0 Å². The largest absolute Gasteiger partial charge is 0.147 e. The molecule has 0 rings (SSSR count). The van der Waals surface area contributed by atoms with E-state index < -0.39 is 0 Å². The van der Waals surface area contributed by atoms with E-state index in [1.165, 1.54) is 0 Å². The minimum atomic E-state index is -0.290. The fourth-order valence-corrected chi connectivity index (χ4v) is 1.92. The Morgan fingerprint density at radius 2 is 0.714 bits per heavy atom. The number of nitrogens with one attached hydrogen (secondary N) is 2. The Labute approximate surface area is 126 Å². The molecule has 21 heavy (non-hydrogen) atoms. The molecule has 0 aliphatic heterocycles. The molecule has 0 aliphatic rings. The predicted molar refractivity (Wildman–Crippen MR) is 72.0 cm³/mol. The van der Waals surface area contributed by atoms with Crippen LogP contribution in [-0.2, 0) is 24.7 Å². The maximum atomic E-state index is 5.77. The highest BCUT2D eigenvalue weighted by molar-refractivity contribution is 3.80. The molecular weight excluding hydrogens is 284 g/mol. The van der Waals surface area contributed by atoms with Crippen molar-refractivity contribution in [2.75, 3.05) is 70.5 Å². The summed E-state index contributed by atoms with van der Waals surface area (Å²) in [6.07, 6.45) is 0. The molecule has 0 heterocycles.